The van der Waals surface area contributed by atoms with Crippen molar-refractivity contribution >= 4 is 29.9 Å². The van der Waals surface area contributed by atoms with Gasteiger partial charge in [-0.05, 0) is 19.4 Å². The molecule has 1 heterocycles. The van der Waals surface area contributed by atoms with Gasteiger partial charge in [-0.25, -0.2) is 0 Å². The van der Waals surface area contributed by atoms with Gasteiger partial charge in [0.05, 0.1) is 6.61 Å². The van der Waals surface area contributed by atoms with Crippen molar-refractivity contribution in [1.82, 2.24) is 20.4 Å². The summed E-state index contributed by atoms with van der Waals surface area (Å²) in [6.07, 6.45) is 4.73. The summed E-state index contributed by atoms with van der Waals surface area (Å²) >= 11 is 0. The summed E-state index contributed by atoms with van der Waals surface area (Å²) in [5.74, 6) is 0.843. The molecule has 0 radical (unpaired) electrons. The van der Waals surface area contributed by atoms with Crippen LogP contribution in [0.2, 0.25) is 0 Å². The molecule has 0 aliphatic rings. The first-order valence-electron chi connectivity index (χ1n) is 6.35. The largest absolute Gasteiger partial charge is 0.383 e. The van der Waals surface area contributed by atoms with E-state index in [1.807, 2.05) is 16.9 Å². The average molecular weight is 381 g/mol. The van der Waals surface area contributed by atoms with Crippen LogP contribution < -0.4 is 10.6 Å². The molecule has 1 rings (SSSR count). The highest BCUT2D eigenvalue weighted by atomic mass is 127. The van der Waals surface area contributed by atoms with Gasteiger partial charge in [0.1, 0.15) is 0 Å². The van der Waals surface area contributed by atoms with Gasteiger partial charge in [0.25, 0.3) is 0 Å². The number of ether oxygens (including phenoxy) is 1. The Morgan fingerprint density at radius 2 is 2.26 bits per heavy atom. The van der Waals surface area contributed by atoms with Crippen LogP contribution in [0.3, 0.4) is 0 Å². The van der Waals surface area contributed by atoms with Crippen LogP contribution in [0.25, 0.3) is 0 Å². The van der Waals surface area contributed by atoms with E-state index in [1.54, 1.807) is 13.3 Å². The lowest BCUT2D eigenvalue weighted by molar-refractivity contribution is 0.203. The van der Waals surface area contributed by atoms with Gasteiger partial charge in [0, 0.05) is 45.7 Å². The standard InChI is InChI=1S/C12H23N5O.HI/c1-3-13-12(15-8-11-18-2)14-6-4-9-17-10-5-7-16-17;/h5,7,10H,3-4,6,8-9,11H2,1-2H3,(H2,13,14,15);1H. The minimum absolute atomic E-state index is 0. The van der Waals surface area contributed by atoms with Crippen molar-refractivity contribution in [2.75, 3.05) is 33.4 Å². The van der Waals surface area contributed by atoms with E-state index in [1.165, 1.54) is 0 Å². The third-order valence-electron chi connectivity index (χ3n) is 2.32. The maximum atomic E-state index is 4.99. The van der Waals surface area contributed by atoms with Crippen LogP contribution in [0.5, 0.6) is 0 Å². The molecule has 2 N–H and O–H groups in total. The number of hydrogen-bond donors (Lipinski definition) is 2. The monoisotopic (exact) mass is 381 g/mol. The molecular formula is C12H24IN5O. The normalized spacial score (nSPS) is 10.9. The molecule has 0 unspecified atom stereocenters. The number of hydrogen-bond acceptors (Lipinski definition) is 3. The van der Waals surface area contributed by atoms with Crippen molar-refractivity contribution in [3.05, 3.63) is 18.5 Å². The van der Waals surface area contributed by atoms with Crippen LogP contribution in [0.1, 0.15) is 13.3 Å². The predicted molar refractivity (Wildman–Crippen MR) is 88.1 cm³/mol. The van der Waals surface area contributed by atoms with Crippen molar-refractivity contribution in [2.45, 2.75) is 19.9 Å². The number of aliphatic imine (C=N–C) groups is 1. The van der Waals surface area contributed by atoms with Crippen LogP contribution in [0, 0.1) is 0 Å². The van der Waals surface area contributed by atoms with Gasteiger partial charge < -0.3 is 15.4 Å². The first-order valence-corrected chi connectivity index (χ1v) is 6.35. The van der Waals surface area contributed by atoms with Gasteiger partial charge in [0.2, 0.25) is 0 Å². The summed E-state index contributed by atoms with van der Waals surface area (Å²) < 4.78 is 6.91. The first kappa shape index (κ1) is 18.2. The molecule has 6 nitrogen and oxygen atoms in total. The van der Waals surface area contributed by atoms with Crippen molar-refractivity contribution < 1.29 is 4.74 Å². The fourth-order valence-electron chi connectivity index (χ4n) is 1.47. The van der Waals surface area contributed by atoms with Crippen LogP contribution in [0.4, 0.5) is 0 Å². The van der Waals surface area contributed by atoms with Crippen molar-refractivity contribution in [3.8, 4) is 0 Å². The highest BCUT2D eigenvalue weighted by Gasteiger charge is 1.96. The maximum Gasteiger partial charge on any atom is 0.191 e. The van der Waals surface area contributed by atoms with Gasteiger partial charge in [-0.3, -0.25) is 9.67 Å². The first-order chi connectivity index (χ1) is 8.86. The fraction of sp³-hybridized carbons (Fsp3) is 0.667. The van der Waals surface area contributed by atoms with Crippen LogP contribution in [-0.2, 0) is 11.3 Å². The number of rotatable bonds is 8. The molecule has 0 spiro atoms. The van der Waals surface area contributed by atoms with Crippen molar-refractivity contribution in [1.29, 1.82) is 0 Å². The second-order valence-electron chi connectivity index (χ2n) is 3.80. The molecule has 0 aliphatic carbocycles. The number of nitrogens with one attached hydrogen (secondary N) is 2. The van der Waals surface area contributed by atoms with Gasteiger partial charge in [-0.1, -0.05) is 0 Å². The average Bonchev–Trinajstić information content (AvgIpc) is 2.88. The third kappa shape index (κ3) is 8.82. The third-order valence-corrected chi connectivity index (χ3v) is 2.32. The Hall–Kier alpha value is -0.830. The summed E-state index contributed by atoms with van der Waals surface area (Å²) in [5, 5.41) is 10.6. The molecule has 0 amide bonds. The minimum Gasteiger partial charge on any atom is -0.383 e. The lowest BCUT2D eigenvalue weighted by atomic mass is 10.4. The van der Waals surface area contributed by atoms with E-state index in [2.05, 4.69) is 27.6 Å². The SMILES string of the molecule is CCNC(=NCCCn1cccn1)NCCOC.I. The fourth-order valence-corrected chi connectivity index (χ4v) is 1.47. The molecule has 0 saturated heterocycles. The molecule has 7 heteroatoms. The predicted octanol–water partition coefficient (Wildman–Crippen LogP) is 1.09. The molecule has 1 aromatic rings. The molecule has 0 bridgehead atoms. The van der Waals surface area contributed by atoms with Gasteiger partial charge in [-0.15, -0.1) is 24.0 Å². The van der Waals surface area contributed by atoms with Gasteiger partial charge >= 0.3 is 0 Å². The van der Waals surface area contributed by atoms with E-state index in [0.717, 1.165) is 38.6 Å². The Bertz CT molecular complexity index is 329. The molecule has 0 saturated carbocycles. The number of aryl methyl sites for hydroxylation is 1. The molecule has 0 fully saturated rings. The summed E-state index contributed by atoms with van der Waals surface area (Å²) in [5.41, 5.74) is 0. The molecule has 110 valence electrons. The topological polar surface area (TPSA) is 63.5 Å². The number of halogens is 1. The number of guanidine groups is 1. The maximum absolute atomic E-state index is 4.99. The summed E-state index contributed by atoms with van der Waals surface area (Å²) in [6, 6.07) is 1.93. The van der Waals surface area contributed by atoms with E-state index in [9.17, 15) is 0 Å². The van der Waals surface area contributed by atoms with Crippen molar-refractivity contribution in [3.63, 3.8) is 0 Å². The zero-order chi connectivity index (χ0) is 13.1. The molecule has 0 aliphatic heterocycles. The van der Waals surface area contributed by atoms with E-state index >= 15 is 0 Å². The van der Waals surface area contributed by atoms with E-state index < -0.39 is 0 Å². The smallest absolute Gasteiger partial charge is 0.191 e. The summed E-state index contributed by atoms with van der Waals surface area (Å²) in [4.78, 5) is 4.48. The molecule has 1 aromatic heterocycles. The summed E-state index contributed by atoms with van der Waals surface area (Å²) in [6.45, 7) is 6.03. The zero-order valence-corrected chi connectivity index (χ0v) is 14.0. The van der Waals surface area contributed by atoms with Crippen LogP contribution in [0.15, 0.2) is 23.5 Å². The van der Waals surface area contributed by atoms with E-state index in [-0.39, 0.29) is 24.0 Å². The Kier molecular flexibility index (Phi) is 11.7. The highest BCUT2D eigenvalue weighted by Crippen LogP contribution is 1.90. The second-order valence-corrected chi connectivity index (χ2v) is 3.80. The van der Waals surface area contributed by atoms with Crippen LogP contribution >= 0.6 is 24.0 Å². The quantitative estimate of drug-likeness (QED) is 0.306. The lowest BCUT2D eigenvalue weighted by Crippen LogP contribution is -2.39. The van der Waals surface area contributed by atoms with Crippen molar-refractivity contribution in [2.24, 2.45) is 4.99 Å². The minimum atomic E-state index is 0. The Morgan fingerprint density at radius 3 is 2.89 bits per heavy atom. The molecular weight excluding hydrogens is 357 g/mol. The number of methoxy groups -OCH3 is 1. The molecule has 0 aromatic carbocycles. The highest BCUT2D eigenvalue weighted by molar-refractivity contribution is 14.0. The Labute approximate surface area is 132 Å². The van der Waals surface area contributed by atoms with E-state index in [0.29, 0.717) is 6.61 Å². The number of nitrogens with zero attached hydrogens (tertiary/aromatic N) is 3. The molecule has 0 atom stereocenters. The zero-order valence-electron chi connectivity index (χ0n) is 11.6. The Morgan fingerprint density at radius 1 is 1.42 bits per heavy atom. The lowest BCUT2D eigenvalue weighted by Gasteiger charge is -2.10. The summed E-state index contributed by atoms with van der Waals surface area (Å²) in [7, 11) is 1.69. The Balaban J connectivity index is 0.00000324. The molecule has 19 heavy (non-hydrogen) atoms. The van der Waals surface area contributed by atoms with E-state index in [4.69, 9.17) is 4.74 Å². The van der Waals surface area contributed by atoms with Gasteiger partial charge in [0.15, 0.2) is 5.96 Å². The second kappa shape index (κ2) is 12.2. The van der Waals surface area contributed by atoms with Crippen LogP contribution in [-0.4, -0.2) is 49.1 Å². The van der Waals surface area contributed by atoms with Gasteiger partial charge in [-0.2, -0.15) is 5.10 Å². The number of aromatic nitrogens is 2.